The van der Waals surface area contributed by atoms with Crippen molar-refractivity contribution in [3.8, 4) is 5.75 Å². The van der Waals surface area contributed by atoms with E-state index in [2.05, 4.69) is 0 Å². The van der Waals surface area contributed by atoms with E-state index in [1.807, 2.05) is 18.2 Å². The molecule has 0 heterocycles. The summed E-state index contributed by atoms with van der Waals surface area (Å²) in [6, 6.07) is 10.4. The van der Waals surface area contributed by atoms with Gasteiger partial charge in [0.05, 0.1) is 11.1 Å². The van der Waals surface area contributed by atoms with Crippen LogP contribution in [0.1, 0.15) is 35.6 Å². The first-order valence-corrected chi connectivity index (χ1v) is 7.39. The smallest absolute Gasteiger partial charge is 0.142 e. The molecule has 2 aromatic carbocycles. The Kier molecular flexibility index (Phi) is 4.13. The first-order valence-electron chi connectivity index (χ1n) is 7.01. The second-order valence-corrected chi connectivity index (χ2v) is 5.71. The lowest BCUT2D eigenvalue weighted by Gasteiger charge is -2.22. The van der Waals surface area contributed by atoms with E-state index < -0.39 is 11.9 Å². The molecular weight excluding hydrogens is 291 g/mol. The molecule has 0 aromatic heterocycles. The van der Waals surface area contributed by atoms with E-state index in [9.17, 15) is 9.50 Å². The number of aliphatic hydroxyl groups excluding tert-OH is 1. The molecule has 2 aromatic rings. The predicted octanol–water partition coefficient (Wildman–Crippen LogP) is 4.43. The lowest BCUT2D eigenvalue weighted by atomic mass is 9.89. The molecule has 0 spiro atoms. The van der Waals surface area contributed by atoms with Crippen LogP contribution in [-0.2, 0) is 13.0 Å². The number of benzene rings is 2. The first-order chi connectivity index (χ1) is 10.1. The molecule has 3 rings (SSSR count). The summed E-state index contributed by atoms with van der Waals surface area (Å²) in [5.41, 5.74) is 2.84. The van der Waals surface area contributed by atoms with Crippen LogP contribution in [-0.4, -0.2) is 5.11 Å². The van der Waals surface area contributed by atoms with Crippen molar-refractivity contribution in [2.24, 2.45) is 0 Å². The molecule has 1 aliphatic rings. The van der Waals surface area contributed by atoms with Gasteiger partial charge in [0.2, 0.25) is 0 Å². The van der Waals surface area contributed by atoms with Crippen molar-refractivity contribution in [2.45, 2.75) is 32.0 Å². The molecule has 0 amide bonds. The summed E-state index contributed by atoms with van der Waals surface area (Å²) in [6.07, 6.45) is 2.39. The van der Waals surface area contributed by atoms with Crippen molar-refractivity contribution < 1.29 is 14.2 Å². The molecule has 1 aliphatic carbocycles. The molecule has 0 bridgehead atoms. The Labute approximate surface area is 128 Å². The Morgan fingerprint density at radius 2 is 2.10 bits per heavy atom. The van der Waals surface area contributed by atoms with Crippen LogP contribution in [0.15, 0.2) is 36.4 Å². The third-order valence-corrected chi connectivity index (χ3v) is 4.10. The molecular formula is C17H16ClFO2. The summed E-state index contributed by atoms with van der Waals surface area (Å²) in [5, 5.41) is 10.1. The van der Waals surface area contributed by atoms with Crippen molar-refractivity contribution in [2.75, 3.05) is 0 Å². The Bertz CT molecular complexity index is 657. The van der Waals surface area contributed by atoms with Gasteiger partial charge in [0, 0.05) is 0 Å². The van der Waals surface area contributed by atoms with Gasteiger partial charge >= 0.3 is 0 Å². The summed E-state index contributed by atoms with van der Waals surface area (Å²) < 4.78 is 19.0. The minimum Gasteiger partial charge on any atom is -0.489 e. The lowest BCUT2D eigenvalue weighted by molar-refractivity contribution is 0.156. The van der Waals surface area contributed by atoms with E-state index in [0.717, 1.165) is 30.4 Å². The van der Waals surface area contributed by atoms with Crippen LogP contribution in [0.4, 0.5) is 4.39 Å². The maximum absolute atomic E-state index is 13.4. The van der Waals surface area contributed by atoms with Gasteiger partial charge < -0.3 is 9.84 Å². The number of hydrogen-bond donors (Lipinski definition) is 1. The second-order valence-electron chi connectivity index (χ2n) is 5.31. The van der Waals surface area contributed by atoms with Crippen LogP contribution in [0.5, 0.6) is 5.75 Å². The maximum Gasteiger partial charge on any atom is 0.142 e. The minimum absolute atomic E-state index is 0.107. The normalized spacial score (nSPS) is 17.4. The van der Waals surface area contributed by atoms with E-state index in [1.54, 1.807) is 6.07 Å². The van der Waals surface area contributed by atoms with E-state index >= 15 is 0 Å². The van der Waals surface area contributed by atoms with Gasteiger partial charge in [-0.25, -0.2) is 4.39 Å². The van der Waals surface area contributed by atoms with Crippen LogP contribution >= 0.6 is 11.6 Å². The molecule has 1 atom stereocenters. The Morgan fingerprint density at radius 3 is 2.90 bits per heavy atom. The minimum atomic E-state index is -0.446. The summed E-state index contributed by atoms with van der Waals surface area (Å²) in [7, 11) is 0. The van der Waals surface area contributed by atoms with Gasteiger partial charge in [-0.05, 0) is 60.2 Å². The third-order valence-electron chi connectivity index (χ3n) is 3.79. The molecule has 2 nitrogen and oxygen atoms in total. The Balaban J connectivity index is 1.73. The van der Waals surface area contributed by atoms with Crippen LogP contribution < -0.4 is 4.74 Å². The van der Waals surface area contributed by atoms with Gasteiger partial charge in [0.15, 0.2) is 0 Å². The fourth-order valence-electron chi connectivity index (χ4n) is 2.64. The molecule has 110 valence electrons. The number of aliphatic hydroxyl groups is 1. The van der Waals surface area contributed by atoms with Crippen molar-refractivity contribution >= 4 is 11.6 Å². The molecule has 0 saturated heterocycles. The lowest BCUT2D eigenvalue weighted by Crippen LogP contribution is -2.09. The van der Waals surface area contributed by atoms with Crippen molar-refractivity contribution in [1.29, 1.82) is 0 Å². The summed E-state index contributed by atoms with van der Waals surface area (Å²) >= 11 is 5.65. The zero-order chi connectivity index (χ0) is 14.8. The van der Waals surface area contributed by atoms with Gasteiger partial charge in [-0.1, -0.05) is 23.7 Å². The van der Waals surface area contributed by atoms with Gasteiger partial charge in [0.25, 0.3) is 0 Å². The zero-order valence-corrected chi connectivity index (χ0v) is 12.2. The summed E-state index contributed by atoms with van der Waals surface area (Å²) in [4.78, 5) is 0. The number of ether oxygens (including phenoxy) is 1. The highest BCUT2D eigenvalue weighted by molar-refractivity contribution is 6.30. The number of aryl methyl sites for hydroxylation is 1. The molecule has 0 saturated carbocycles. The highest BCUT2D eigenvalue weighted by Gasteiger charge is 2.18. The quantitative estimate of drug-likeness (QED) is 0.909. The van der Waals surface area contributed by atoms with Gasteiger partial charge in [-0.15, -0.1) is 0 Å². The van der Waals surface area contributed by atoms with E-state index in [1.165, 1.54) is 17.7 Å². The summed E-state index contributed by atoms with van der Waals surface area (Å²) in [6.45, 7) is 0.267. The van der Waals surface area contributed by atoms with Crippen molar-refractivity contribution in [1.82, 2.24) is 0 Å². The standard InChI is InChI=1S/C17H16ClFO2/c18-15-7-4-11(8-16(15)19)10-21-13-6-5-12-2-1-3-17(20)14(12)9-13/h4-9,17,20H,1-3,10H2/t17-/m1/s1. The predicted molar refractivity (Wildman–Crippen MR) is 80.1 cm³/mol. The highest BCUT2D eigenvalue weighted by atomic mass is 35.5. The fourth-order valence-corrected chi connectivity index (χ4v) is 2.76. The third kappa shape index (κ3) is 3.20. The van der Waals surface area contributed by atoms with Crippen LogP contribution in [0.3, 0.4) is 0 Å². The van der Waals surface area contributed by atoms with Gasteiger partial charge in [-0.2, -0.15) is 0 Å². The molecule has 0 unspecified atom stereocenters. The first kappa shape index (κ1) is 14.4. The summed E-state index contributed by atoms with van der Waals surface area (Å²) in [5.74, 6) is 0.240. The van der Waals surface area contributed by atoms with Crippen molar-refractivity contribution in [3.05, 3.63) is 63.9 Å². The maximum atomic E-state index is 13.4. The van der Waals surface area contributed by atoms with E-state index in [4.69, 9.17) is 16.3 Å². The number of fused-ring (bicyclic) bond motifs is 1. The number of hydrogen-bond acceptors (Lipinski definition) is 2. The topological polar surface area (TPSA) is 29.5 Å². The molecule has 0 aliphatic heterocycles. The van der Waals surface area contributed by atoms with Gasteiger partial charge in [0.1, 0.15) is 18.2 Å². The molecule has 0 radical (unpaired) electrons. The largest absolute Gasteiger partial charge is 0.489 e. The molecule has 1 N–H and O–H groups in total. The van der Waals surface area contributed by atoms with E-state index in [0.29, 0.717) is 5.75 Å². The average molecular weight is 307 g/mol. The van der Waals surface area contributed by atoms with Gasteiger partial charge in [-0.3, -0.25) is 0 Å². The Hall–Kier alpha value is -1.58. The highest BCUT2D eigenvalue weighted by Crippen LogP contribution is 2.32. The second kappa shape index (κ2) is 6.04. The molecule has 0 fully saturated rings. The fraction of sp³-hybridized carbons (Fsp3) is 0.294. The van der Waals surface area contributed by atoms with Crippen molar-refractivity contribution in [3.63, 3.8) is 0 Å². The number of rotatable bonds is 3. The average Bonchev–Trinajstić information content (AvgIpc) is 2.49. The van der Waals surface area contributed by atoms with E-state index in [-0.39, 0.29) is 11.6 Å². The van der Waals surface area contributed by atoms with Crippen LogP contribution in [0.2, 0.25) is 5.02 Å². The van der Waals surface area contributed by atoms with Crippen LogP contribution in [0, 0.1) is 5.82 Å². The SMILES string of the molecule is O[C@@H]1CCCc2ccc(OCc3ccc(Cl)c(F)c3)cc21. The Morgan fingerprint density at radius 1 is 1.24 bits per heavy atom. The number of halogens is 2. The molecule has 4 heteroatoms. The zero-order valence-electron chi connectivity index (χ0n) is 11.5. The monoisotopic (exact) mass is 306 g/mol. The van der Waals surface area contributed by atoms with Crippen LogP contribution in [0.25, 0.3) is 0 Å². The molecule has 21 heavy (non-hydrogen) atoms.